The van der Waals surface area contributed by atoms with E-state index >= 15 is 0 Å². The second-order valence-electron chi connectivity index (χ2n) is 5.76. The predicted molar refractivity (Wildman–Crippen MR) is 77.8 cm³/mol. The Balaban J connectivity index is 2.10. The Bertz CT molecular complexity index is 690. The van der Waals surface area contributed by atoms with Crippen molar-refractivity contribution in [3.63, 3.8) is 0 Å². The van der Waals surface area contributed by atoms with Crippen LogP contribution in [-0.2, 0) is 11.2 Å². The summed E-state index contributed by atoms with van der Waals surface area (Å²) < 4.78 is 6.43. The van der Waals surface area contributed by atoms with Crippen LogP contribution in [0, 0.1) is 11.3 Å². The molecular weight excluding hydrogens is 266 g/mol. The monoisotopic (exact) mass is 283 g/mol. The zero-order valence-corrected chi connectivity index (χ0v) is 12.3. The molecule has 0 aliphatic heterocycles. The van der Waals surface area contributed by atoms with Gasteiger partial charge < -0.3 is 4.74 Å². The van der Waals surface area contributed by atoms with Crippen molar-refractivity contribution >= 4 is 6.09 Å². The maximum atomic E-state index is 11.9. The molecule has 0 bridgehead atoms. The zero-order valence-electron chi connectivity index (χ0n) is 12.3. The van der Waals surface area contributed by atoms with E-state index in [0.29, 0.717) is 12.0 Å². The lowest BCUT2D eigenvalue weighted by Gasteiger charge is -2.18. The van der Waals surface area contributed by atoms with Crippen LogP contribution in [0.5, 0.6) is 0 Å². The van der Waals surface area contributed by atoms with E-state index in [1.807, 2.05) is 39.0 Å². The number of nitriles is 1. The van der Waals surface area contributed by atoms with Gasteiger partial charge in [-0.15, -0.1) is 0 Å². The Morgan fingerprint density at radius 3 is 2.81 bits per heavy atom. The molecule has 0 fully saturated rings. The Morgan fingerprint density at radius 1 is 1.38 bits per heavy atom. The highest BCUT2D eigenvalue weighted by Gasteiger charge is 2.18. The Morgan fingerprint density at radius 2 is 2.14 bits per heavy atom. The molecule has 2 rings (SSSR count). The molecule has 108 valence electrons. The molecule has 21 heavy (non-hydrogen) atoms. The second kappa shape index (κ2) is 5.80. The summed E-state index contributed by atoms with van der Waals surface area (Å²) in [6, 6.07) is 9.46. The quantitative estimate of drug-likeness (QED) is 0.849. The number of benzene rings is 1. The Hall–Kier alpha value is -2.61. The van der Waals surface area contributed by atoms with E-state index in [1.54, 1.807) is 18.5 Å². The fraction of sp³-hybridized carbons (Fsp3) is 0.312. The van der Waals surface area contributed by atoms with E-state index in [-0.39, 0.29) is 0 Å². The summed E-state index contributed by atoms with van der Waals surface area (Å²) >= 11 is 0. The molecule has 0 N–H and O–H groups in total. The van der Waals surface area contributed by atoms with Crippen molar-refractivity contribution in [3.8, 4) is 6.07 Å². The third kappa shape index (κ3) is 4.18. The zero-order chi connectivity index (χ0) is 15.5. The van der Waals surface area contributed by atoms with Crippen LogP contribution >= 0.6 is 0 Å². The summed E-state index contributed by atoms with van der Waals surface area (Å²) in [4.78, 5) is 11.9. The fourth-order valence-electron chi connectivity index (χ4n) is 1.85. The summed E-state index contributed by atoms with van der Waals surface area (Å²) in [5.41, 5.74) is 1.95. The van der Waals surface area contributed by atoms with Crippen LogP contribution in [0.2, 0.25) is 0 Å². The largest absolute Gasteiger partial charge is 0.442 e. The minimum Gasteiger partial charge on any atom is -0.442 e. The SMILES string of the molecule is CC(C)(C)OC(=O)n1cc(Cc2cccc(C#N)c2)cn1. The van der Waals surface area contributed by atoms with E-state index in [1.165, 1.54) is 4.68 Å². The van der Waals surface area contributed by atoms with Gasteiger partial charge in [0.25, 0.3) is 0 Å². The molecule has 2 aromatic rings. The second-order valence-corrected chi connectivity index (χ2v) is 5.76. The third-order valence-corrected chi connectivity index (χ3v) is 2.68. The van der Waals surface area contributed by atoms with Crippen LogP contribution < -0.4 is 0 Å². The van der Waals surface area contributed by atoms with Gasteiger partial charge in [0.2, 0.25) is 0 Å². The lowest BCUT2D eigenvalue weighted by atomic mass is 10.1. The number of ether oxygens (including phenoxy) is 1. The van der Waals surface area contributed by atoms with Crippen LogP contribution in [-0.4, -0.2) is 21.5 Å². The van der Waals surface area contributed by atoms with E-state index in [2.05, 4.69) is 11.2 Å². The first-order chi connectivity index (χ1) is 9.87. The van der Waals surface area contributed by atoms with Crippen LogP contribution in [0.25, 0.3) is 0 Å². The van der Waals surface area contributed by atoms with Crippen LogP contribution in [0.1, 0.15) is 37.5 Å². The van der Waals surface area contributed by atoms with Crippen molar-refractivity contribution in [1.82, 2.24) is 9.78 Å². The maximum absolute atomic E-state index is 11.9. The van der Waals surface area contributed by atoms with Gasteiger partial charge in [-0.1, -0.05) is 12.1 Å². The summed E-state index contributed by atoms with van der Waals surface area (Å²) in [5.74, 6) is 0. The first-order valence-electron chi connectivity index (χ1n) is 6.63. The van der Waals surface area contributed by atoms with Crippen molar-refractivity contribution in [2.75, 3.05) is 0 Å². The molecule has 5 nitrogen and oxygen atoms in total. The topological polar surface area (TPSA) is 67.9 Å². The van der Waals surface area contributed by atoms with E-state index in [9.17, 15) is 4.79 Å². The number of rotatable bonds is 2. The Labute approximate surface area is 123 Å². The standard InChI is InChI=1S/C16H17N3O2/c1-16(2,3)21-15(20)19-11-14(10-18-19)8-12-5-4-6-13(7-12)9-17/h4-7,10-11H,8H2,1-3H3. The number of carbonyl (C=O) groups is 1. The van der Waals surface area contributed by atoms with E-state index in [4.69, 9.17) is 10.00 Å². The molecule has 0 aliphatic carbocycles. The number of nitrogens with zero attached hydrogens (tertiary/aromatic N) is 3. The van der Waals surface area contributed by atoms with E-state index in [0.717, 1.165) is 11.1 Å². The van der Waals surface area contributed by atoms with Gasteiger partial charge in [-0.2, -0.15) is 15.0 Å². The van der Waals surface area contributed by atoms with Gasteiger partial charge >= 0.3 is 6.09 Å². The van der Waals surface area contributed by atoms with Crippen LogP contribution in [0.4, 0.5) is 4.79 Å². The molecule has 0 radical (unpaired) electrons. The van der Waals surface area contributed by atoms with Gasteiger partial charge in [0, 0.05) is 12.6 Å². The molecule has 0 spiro atoms. The van der Waals surface area contributed by atoms with Crippen LogP contribution in [0.3, 0.4) is 0 Å². The average molecular weight is 283 g/mol. The van der Waals surface area contributed by atoms with Crippen molar-refractivity contribution in [2.45, 2.75) is 32.8 Å². The summed E-state index contributed by atoms with van der Waals surface area (Å²) in [5, 5.41) is 12.9. The normalized spacial score (nSPS) is 11.0. The molecular formula is C16H17N3O2. The van der Waals surface area contributed by atoms with Crippen molar-refractivity contribution in [3.05, 3.63) is 53.3 Å². The van der Waals surface area contributed by atoms with Crippen molar-refractivity contribution in [1.29, 1.82) is 5.26 Å². The number of hydrogen-bond donors (Lipinski definition) is 0. The minimum atomic E-state index is -0.551. The molecule has 1 heterocycles. The maximum Gasteiger partial charge on any atom is 0.435 e. The van der Waals surface area contributed by atoms with E-state index < -0.39 is 11.7 Å². The van der Waals surface area contributed by atoms with Gasteiger partial charge in [-0.3, -0.25) is 0 Å². The highest BCUT2D eigenvalue weighted by molar-refractivity contribution is 5.69. The summed E-state index contributed by atoms with van der Waals surface area (Å²) in [7, 11) is 0. The molecule has 0 saturated heterocycles. The van der Waals surface area contributed by atoms with Gasteiger partial charge in [0.05, 0.1) is 17.8 Å². The molecule has 0 atom stereocenters. The molecule has 5 heteroatoms. The smallest absolute Gasteiger partial charge is 0.435 e. The molecule has 1 aromatic carbocycles. The van der Waals surface area contributed by atoms with Gasteiger partial charge in [0.1, 0.15) is 5.60 Å². The number of aromatic nitrogens is 2. The molecule has 0 saturated carbocycles. The summed E-state index contributed by atoms with van der Waals surface area (Å²) in [6.07, 6.45) is 3.38. The first kappa shape index (κ1) is 14.8. The fourth-order valence-corrected chi connectivity index (χ4v) is 1.85. The minimum absolute atomic E-state index is 0.500. The lowest BCUT2D eigenvalue weighted by Crippen LogP contribution is -2.27. The first-order valence-corrected chi connectivity index (χ1v) is 6.63. The highest BCUT2D eigenvalue weighted by Crippen LogP contribution is 2.12. The van der Waals surface area contributed by atoms with Crippen LogP contribution in [0.15, 0.2) is 36.7 Å². The lowest BCUT2D eigenvalue weighted by molar-refractivity contribution is 0.0514. The van der Waals surface area contributed by atoms with Gasteiger partial charge in [-0.05, 0) is 44.0 Å². The number of carbonyl (C=O) groups excluding carboxylic acids is 1. The van der Waals surface area contributed by atoms with Crippen molar-refractivity contribution < 1.29 is 9.53 Å². The molecule has 0 aliphatic rings. The third-order valence-electron chi connectivity index (χ3n) is 2.68. The van der Waals surface area contributed by atoms with Gasteiger partial charge in [-0.25, -0.2) is 4.79 Å². The highest BCUT2D eigenvalue weighted by atomic mass is 16.6. The number of hydrogen-bond acceptors (Lipinski definition) is 4. The molecule has 1 aromatic heterocycles. The average Bonchev–Trinajstić information content (AvgIpc) is 2.85. The van der Waals surface area contributed by atoms with Crippen molar-refractivity contribution in [2.24, 2.45) is 0 Å². The molecule has 0 unspecified atom stereocenters. The molecule has 0 amide bonds. The Kier molecular flexibility index (Phi) is 4.08. The van der Waals surface area contributed by atoms with Gasteiger partial charge in [0.15, 0.2) is 0 Å². The predicted octanol–water partition coefficient (Wildman–Crippen LogP) is 3.13. The summed E-state index contributed by atoms with van der Waals surface area (Å²) in [6.45, 7) is 5.42.